The SMILES string of the molecule is Cc1cccc(-c2nnc(SCc3cc(=O)oc4c(C)c(C)ccc34)n2-c2ccccc2)c1. The van der Waals surface area contributed by atoms with Gasteiger partial charge in [0.15, 0.2) is 11.0 Å². The summed E-state index contributed by atoms with van der Waals surface area (Å²) in [6.45, 7) is 6.07. The fourth-order valence-electron chi connectivity index (χ4n) is 3.93. The Hall–Kier alpha value is -3.64. The van der Waals surface area contributed by atoms with Crippen LogP contribution in [0.5, 0.6) is 0 Å². The Morgan fingerprint density at radius 2 is 1.73 bits per heavy atom. The van der Waals surface area contributed by atoms with Gasteiger partial charge >= 0.3 is 5.63 Å². The minimum Gasteiger partial charge on any atom is -0.422 e. The lowest BCUT2D eigenvalue weighted by Crippen LogP contribution is -2.03. The van der Waals surface area contributed by atoms with E-state index in [4.69, 9.17) is 4.42 Å². The summed E-state index contributed by atoms with van der Waals surface area (Å²) in [5.41, 5.74) is 6.50. The molecule has 5 rings (SSSR count). The lowest BCUT2D eigenvalue weighted by molar-refractivity contribution is 0.557. The van der Waals surface area contributed by atoms with Crippen molar-refractivity contribution in [3.63, 3.8) is 0 Å². The Bertz CT molecular complexity index is 1520. The van der Waals surface area contributed by atoms with Crippen molar-refractivity contribution in [3.8, 4) is 17.1 Å². The summed E-state index contributed by atoms with van der Waals surface area (Å²) < 4.78 is 7.61. The zero-order valence-corrected chi connectivity index (χ0v) is 19.5. The molecular weight excluding hydrogens is 430 g/mol. The van der Waals surface area contributed by atoms with Gasteiger partial charge in [0.25, 0.3) is 0 Å². The summed E-state index contributed by atoms with van der Waals surface area (Å²) >= 11 is 1.56. The van der Waals surface area contributed by atoms with Crippen LogP contribution >= 0.6 is 11.8 Å². The van der Waals surface area contributed by atoms with Crippen LogP contribution in [0.25, 0.3) is 28.0 Å². The van der Waals surface area contributed by atoms with E-state index in [2.05, 4.69) is 39.9 Å². The van der Waals surface area contributed by atoms with E-state index in [9.17, 15) is 4.79 Å². The fraction of sp³-hybridized carbons (Fsp3) is 0.148. The van der Waals surface area contributed by atoms with Crippen LogP contribution in [0, 0.1) is 20.8 Å². The van der Waals surface area contributed by atoms with E-state index in [-0.39, 0.29) is 5.63 Å². The van der Waals surface area contributed by atoms with E-state index in [0.717, 1.165) is 49.9 Å². The van der Waals surface area contributed by atoms with Crippen molar-refractivity contribution in [2.75, 3.05) is 0 Å². The van der Waals surface area contributed by atoms with Crippen molar-refractivity contribution in [1.29, 1.82) is 0 Å². The highest BCUT2D eigenvalue weighted by Gasteiger charge is 2.17. The predicted molar refractivity (Wildman–Crippen MR) is 133 cm³/mol. The molecule has 0 unspecified atom stereocenters. The van der Waals surface area contributed by atoms with Gasteiger partial charge in [-0.2, -0.15) is 0 Å². The van der Waals surface area contributed by atoms with Gasteiger partial charge in [0.1, 0.15) is 5.58 Å². The van der Waals surface area contributed by atoms with E-state index < -0.39 is 0 Å². The third-order valence-electron chi connectivity index (χ3n) is 5.80. The van der Waals surface area contributed by atoms with E-state index in [0.29, 0.717) is 11.3 Å². The molecule has 0 atom stereocenters. The Kier molecular flexibility index (Phi) is 5.60. The van der Waals surface area contributed by atoms with Crippen molar-refractivity contribution in [3.05, 3.63) is 105 Å². The van der Waals surface area contributed by atoms with Gasteiger partial charge in [-0.15, -0.1) is 10.2 Å². The molecule has 0 aliphatic carbocycles. The molecule has 2 aromatic heterocycles. The van der Waals surface area contributed by atoms with Gasteiger partial charge in [0.2, 0.25) is 0 Å². The normalized spacial score (nSPS) is 11.2. The second-order valence-electron chi connectivity index (χ2n) is 8.11. The van der Waals surface area contributed by atoms with Gasteiger partial charge in [-0.25, -0.2) is 4.79 Å². The number of fused-ring (bicyclic) bond motifs is 1. The summed E-state index contributed by atoms with van der Waals surface area (Å²) in [5, 5.41) is 10.8. The van der Waals surface area contributed by atoms with Crippen molar-refractivity contribution >= 4 is 22.7 Å². The number of hydrogen-bond acceptors (Lipinski definition) is 5. The topological polar surface area (TPSA) is 60.9 Å². The molecule has 0 aliphatic heterocycles. The number of para-hydroxylation sites is 1. The molecule has 0 bridgehead atoms. The number of aryl methyl sites for hydroxylation is 3. The Labute approximate surface area is 196 Å². The first kappa shape index (κ1) is 21.2. The molecular formula is C27H23N3O2S. The lowest BCUT2D eigenvalue weighted by Gasteiger charge is -2.12. The first-order valence-corrected chi connectivity index (χ1v) is 11.7. The minimum atomic E-state index is -0.336. The number of thioether (sulfide) groups is 1. The van der Waals surface area contributed by atoms with Crippen molar-refractivity contribution in [2.45, 2.75) is 31.7 Å². The molecule has 164 valence electrons. The second-order valence-corrected chi connectivity index (χ2v) is 9.05. The van der Waals surface area contributed by atoms with Gasteiger partial charge in [0.05, 0.1) is 0 Å². The summed E-state index contributed by atoms with van der Waals surface area (Å²) in [4.78, 5) is 12.3. The molecule has 6 heteroatoms. The third kappa shape index (κ3) is 4.10. The van der Waals surface area contributed by atoms with Crippen LogP contribution in [0.1, 0.15) is 22.3 Å². The van der Waals surface area contributed by atoms with E-state index in [1.54, 1.807) is 17.8 Å². The maximum atomic E-state index is 12.3. The van der Waals surface area contributed by atoms with Crippen LogP contribution in [0.4, 0.5) is 0 Å². The Morgan fingerprint density at radius 1 is 0.909 bits per heavy atom. The molecule has 0 aliphatic rings. The molecule has 0 radical (unpaired) electrons. The van der Waals surface area contributed by atoms with Gasteiger partial charge in [-0.05, 0) is 55.7 Å². The lowest BCUT2D eigenvalue weighted by atomic mass is 10.0. The van der Waals surface area contributed by atoms with Crippen LogP contribution < -0.4 is 5.63 Å². The maximum absolute atomic E-state index is 12.3. The van der Waals surface area contributed by atoms with Crippen LogP contribution in [-0.2, 0) is 5.75 Å². The van der Waals surface area contributed by atoms with Gasteiger partial charge in [-0.3, -0.25) is 4.57 Å². The zero-order chi connectivity index (χ0) is 22.9. The molecule has 0 N–H and O–H groups in total. The van der Waals surface area contributed by atoms with E-state index in [1.807, 2.05) is 62.4 Å². The predicted octanol–water partition coefficient (Wildman–Crippen LogP) is 6.26. The molecule has 5 aromatic rings. The fourth-order valence-corrected chi connectivity index (χ4v) is 4.87. The highest BCUT2D eigenvalue weighted by Crippen LogP contribution is 2.32. The first-order chi connectivity index (χ1) is 16.0. The number of aromatic nitrogens is 3. The van der Waals surface area contributed by atoms with Crippen LogP contribution in [0.2, 0.25) is 0 Å². The Balaban J connectivity index is 1.58. The van der Waals surface area contributed by atoms with E-state index in [1.165, 1.54) is 0 Å². The van der Waals surface area contributed by atoms with E-state index >= 15 is 0 Å². The van der Waals surface area contributed by atoms with Gasteiger partial charge in [0, 0.05) is 28.5 Å². The molecule has 0 amide bonds. The van der Waals surface area contributed by atoms with Crippen LogP contribution in [0.3, 0.4) is 0 Å². The van der Waals surface area contributed by atoms with Crippen molar-refractivity contribution < 1.29 is 4.42 Å². The standard InChI is InChI=1S/C27H23N3O2S/c1-17-8-7-9-20(14-17)26-28-29-27(30(26)22-10-5-4-6-11-22)33-16-21-15-24(31)32-25-19(3)18(2)12-13-23(21)25/h4-15H,16H2,1-3H3. The van der Waals surface area contributed by atoms with Gasteiger partial charge in [-0.1, -0.05) is 65.9 Å². The van der Waals surface area contributed by atoms with Crippen LogP contribution in [0.15, 0.2) is 87.2 Å². The number of nitrogens with zero attached hydrogens (tertiary/aromatic N) is 3. The molecule has 3 aromatic carbocycles. The number of hydrogen-bond donors (Lipinski definition) is 0. The van der Waals surface area contributed by atoms with Crippen LogP contribution in [-0.4, -0.2) is 14.8 Å². The summed E-state index contributed by atoms with van der Waals surface area (Å²) in [6, 6.07) is 24.0. The highest BCUT2D eigenvalue weighted by molar-refractivity contribution is 7.98. The zero-order valence-electron chi connectivity index (χ0n) is 18.7. The van der Waals surface area contributed by atoms with Crippen molar-refractivity contribution in [1.82, 2.24) is 14.8 Å². The monoisotopic (exact) mass is 453 g/mol. The smallest absolute Gasteiger partial charge is 0.336 e. The largest absolute Gasteiger partial charge is 0.422 e. The molecule has 5 nitrogen and oxygen atoms in total. The van der Waals surface area contributed by atoms with Gasteiger partial charge < -0.3 is 4.42 Å². The quantitative estimate of drug-likeness (QED) is 0.232. The maximum Gasteiger partial charge on any atom is 0.336 e. The number of benzene rings is 3. The highest BCUT2D eigenvalue weighted by atomic mass is 32.2. The molecule has 0 saturated heterocycles. The van der Waals surface area contributed by atoms with Crippen molar-refractivity contribution in [2.24, 2.45) is 0 Å². The summed E-state index contributed by atoms with van der Waals surface area (Å²) in [7, 11) is 0. The number of rotatable bonds is 5. The molecule has 0 saturated carbocycles. The average molecular weight is 454 g/mol. The molecule has 33 heavy (non-hydrogen) atoms. The second kappa shape index (κ2) is 8.71. The first-order valence-electron chi connectivity index (χ1n) is 10.7. The third-order valence-corrected chi connectivity index (χ3v) is 6.78. The minimum absolute atomic E-state index is 0.336. The molecule has 0 fully saturated rings. The molecule has 2 heterocycles. The Morgan fingerprint density at radius 3 is 2.52 bits per heavy atom. The average Bonchev–Trinajstić information content (AvgIpc) is 3.25. The molecule has 0 spiro atoms. The summed E-state index contributed by atoms with van der Waals surface area (Å²) in [5.74, 6) is 1.36. The summed E-state index contributed by atoms with van der Waals surface area (Å²) in [6.07, 6.45) is 0.